The number of nitrogens with zero attached hydrogens (tertiary/aromatic N) is 2. The number of halogens is 1. The van der Waals surface area contributed by atoms with Gasteiger partial charge in [0.2, 0.25) is 5.91 Å². The molecule has 4 rings (SSSR count). The van der Waals surface area contributed by atoms with E-state index in [4.69, 9.17) is 4.74 Å². The summed E-state index contributed by atoms with van der Waals surface area (Å²) < 4.78 is 34.3. The van der Waals surface area contributed by atoms with Gasteiger partial charge in [-0.05, 0) is 90.2 Å². The van der Waals surface area contributed by atoms with Crippen molar-refractivity contribution in [2.75, 3.05) is 31.0 Å². The molecule has 3 aromatic rings. The molecule has 0 spiro atoms. The summed E-state index contributed by atoms with van der Waals surface area (Å²) in [5, 5.41) is 2.91. The Balaban J connectivity index is 1.49. The average Bonchev–Trinajstić information content (AvgIpc) is 2.92. The number of carbonyl (C=O) groups is 1. The Bertz CT molecular complexity index is 1360. The van der Waals surface area contributed by atoms with E-state index in [1.165, 1.54) is 44.1 Å². The van der Waals surface area contributed by atoms with Crippen molar-refractivity contribution in [1.82, 2.24) is 10.2 Å². The average molecular weight is 601 g/mol. The van der Waals surface area contributed by atoms with E-state index in [1.54, 1.807) is 18.2 Å². The number of likely N-dealkylation sites (tertiary alicyclic amines) is 1. The second-order valence-electron chi connectivity index (χ2n) is 9.58. The van der Waals surface area contributed by atoms with Crippen molar-refractivity contribution in [3.8, 4) is 5.75 Å². The first-order valence-electron chi connectivity index (χ1n) is 12.8. The van der Waals surface area contributed by atoms with Crippen LogP contribution < -0.4 is 14.4 Å². The summed E-state index contributed by atoms with van der Waals surface area (Å²) in [4.78, 5) is 15.6. The molecule has 0 bridgehead atoms. The number of nitrogens with one attached hydrogen (secondary N) is 1. The number of piperidine rings is 1. The topological polar surface area (TPSA) is 79.0 Å². The van der Waals surface area contributed by atoms with Crippen molar-refractivity contribution in [3.05, 3.63) is 87.9 Å². The lowest BCUT2D eigenvalue weighted by atomic mass is 10.1. The zero-order valence-electron chi connectivity index (χ0n) is 21.8. The number of hydrogen-bond acceptors (Lipinski definition) is 5. The van der Waals surface area contributed by atoms with Crippen LogP contribution in [0, 0.1) is 6.92 Å². The molecule has 1 aliphatic heterocycles. The van der Waals surface area contributed by atoms with Crippen LogP contribution in [0.25, 0.3) is 0 Å². The summed E-state index contributed by atoms with van der Waals surface area (Å²) in [6.07, 6.45) is 3.78. The first-order chi connectivity index (χ1) is 18.3. The minimum Gasteiger partial charge on any atom is -0.496 e. The number of aryl methyl sites for hydroxylation is 1. The van der Waals surface area contributed by atoms with Crippen LogP contribution in [0.15, 0.2) is 76.1 Å². The van der Waals surface area contributed by atoms with Crippen molar-refractivity contribution in [2.24, 2.45) is 0 Å². The van der Waals surface area contributed by atoms with Gasteiger partial charge in [-0.2, -0.15) is 0 Å². The standard InChI is InChI=1S/C29H34BrN3O4S/c1-22-9-11-25(12-10-22)33(38(35,36)26-13-14-28(37-2)27(30)18-26)21-29(34)31-19-23-7-6-8-24(17-23)20-32-15-4-3-5-16-32/h6-14,17-18H,3-5,15-16,19-21H2,1-2H3,(H,31,34). The van der Waals surface area contributed by atoms with Gasteiger partial charge in [0.15, 0.2) is 0 Å². The van der Waals surface area contributed by atoms with E-state index < -0.39 is 10.0 Å². The Morgan fingerprint density at radius 1 is 1.00 bits per heavy atom. The van der Waals surface area contributed by atoms with Crippen LogP contribution in [-0.2, 0) is 27.9 Å². The Labute approximate surface area is 234 Å². The van der Waals surface area contributed by atoms with Crippen LogP contribution in [0.4, 0.5) is 5.69 Å². The highest BCUT2D eigenvalue weighted by Gasteiger charge is 2.28. The van der Waals surface area contributed by atoms with Crippen LogP contribution in [0.1, 0.15) is 36.0 Å². The molecule has 0 aliphatic carbocycles. The summed E-state index contributed by atoms with van der Waals surface area (Å²) in [5.74, 6) is 0.134. The van der Waals surface area contributed by atoms with Crippen LogP contribution in [0.5, 0.6) is 5.75 Å². The first kappa shape index (κ1) is 28.1. The number of amides is 1. The number of anilines is 1. The molecule has 0 unspecified atom stereocenters. The predicted octanol–water partition coefficient (Wildman–Crippen LogP) is 5.26. The Morgan fingerprint density at radius 3 is 2.39 bits per heavy atom. The van der Waals surface area contributed by atoms with Crippen LogP contribution in [-0.4, -0.2) is 46.0 Å². The SMILES string of the molecule is COc1ccc(S(=O)(=O)N(CC(=O)NCc2cccc(CN3CCCCC3)c2)c2ccc(C)cc2)cc1Br. The van der Waals surface area contributed by atoms with Gasteiger partial charge in [-0.15, -0.1) is 0 Å². The van der Waals surface area contributed by atoms with E-state index in [0.717, 1.165) is 35.1 Å². The number of rotatable bonds is 10. The molecule has 1 aliphatic rings. The summed E-state index contributed by atoms with van der Waals surface area (Å²) >= 11 is 3.36. The van der Waals surface area contributed by atoms with E-state index >= 15 is 0 Å². The van der Waals surface area contributed by atoms with Gasteiger partial charge in [0.25, 0.3) is 10.0 Å². The van der Waals surface area contributed by atoms with E-state index in [-0.39, 0.29) is 17.3 Å². The van der Waals surface area contributed by atoms with Crippen LogP contribution in [0.3, 0.4) is 0 Å². The molecule has 7 nitrogen and oxygen atoms in total. The number of sulfonamides is 1. The lowest BCUT2D eigenvalue weighted by Gasteiger charge is -2.26. The maximum absolute atomic E-state index is 13.7. The molecule has 0 atom stereocenters. The Hall–Kier alpha value is -2.88. The fraction of sp³-hybridized carbons (Fsp3) is 0.345. The van der Waals surface area contributed by atoms with Gasteiger partial charge in [0, 0.05) is 13.1 Å². The third-order valence-electron chi connectivity index (χ3n) is 6.66. The largest absolute Gasteiger partial charge is 0.496 e. The highest BCUT2D eigenvalue weighted by molar-refractivity contribution is 9.10. The second kappa shape index (κ2) is 12.8. The summed E-state index contributed by atoms with van der Waals surface area (Å²) in [6, 6.07) is 19.8. The summed E-state index contributed by atoms with van der Waals surface area (Å²) in [5.41, 5.74) is 3.61. The molecule has 1 N–H and O–H groups in total. The molecule has 0 radical (unpaired) electrons. The minimum absolute atomic E-state index is 0.0592. The second-order valence-corrected chi connectivity index (χ2v) is 12.3. The zero-order chi connectivity index (χ0) is 27.1. The normalized spacial score (nSPS) is 14.2. The van der Waals surface area contributed by atoms with Crippen molar-refractivity contribution < 1.29 is 17.9 Å². The Morgan fingerprint density at radius 2 is 1.71 bits per heavy atom. The lowest BCUT2D eigenvalue weighted by Crippen LogP contribution is -2.40. The molecular weight excluding hydrogens is 566 g/mol. The fourth-order valence-corrected chi connectivity index (χ4v) is 6.70. The number of benzene rings is 3. The molecule has 9 heteroatoms. The van der Waals surface area contributed by atoms with Gasteiger partial charge >= 0.3 is 0 Å². The quantitative estimate of drug-likeness (QED) is 0.344. The zero-order valence-corrected chi connectivity index (χ0v) is 24.2. The number of carbonyl (C=O) groups excluding carboxylic acids is 1. The van der Waals surface area contributed by atoms with E-state index in [2.05, 4.69) is 38.3 Å². The van der Waals surface area contributed by atoms with Gasteiger partial charge in [0.05, 0.1) is 22.2 Å². The molecule has 0 aromatic heterocycles. The summed E-state index contributed by atoms with van der Waals surface area (Å²) in [7, 11) is -2.52. The maximum Gasteiger partial charge on any atom is 0.264 e. The van der Waals surface area contributed by atoms with Gasteiger partial charge < -0.3 is 10.1 Å². The molecule has 202 valence electrons. The monoisotopic (exact) mass is 599 g/mol. The summed E-state index contributed by atoms with van der Waals surface area (Å²) in [6.45, 7) is 5.04. The van der Waals surface area contributed by atoms with Crippen LogP contribution >= 0.6 is 15.9 Å². The van der Waals surface area contributed by atoms with Gasteiger partial charge in [-0.25, -0.2) is 8.42 Å². The Kier molecular flexibility index (Phi) is 9.46. The third kappa shape index (κ3) is 7.15. The van der Waals surface area contributed by atoms with Crippen molar-refractivity contribution >= 4 is 37.5 Å². The number of hydrogen-bond donors (Lipinski definition) is 1. The lowest BCUT2D eigenvalue weighted by molar-refractivity contribution is -0.119. The minimum atomic E-state index is -4.03. The third-order valence-corrected chi connectivity index (χ3v) is 9.05. The number of ether oxygens (including phenoxy) is 1. The predicted molar refractivity (Wildman–Crippen MR) is 154 cm³/mol. The highest BCUT2D eigenvalue weighted by Crippen LogP contribution is 2.30. The number of methoxy groups -OCH3 is 1. The van der Waals surface area contributed by atoms with Gasteiger partial charge in [0.1, 0.15) is 12.3 Å². The van der Waals surface area contributed by atoms with Gasteiger partial charge in [-0.1, -0.05) is 48.4 Å². The molecule has 1 saturated heterocycles. The van der Waals surface area contributed by atoms with Gasteiger partial charge in [-0.3, -0.25) is 14.0 Å². The molecule has 1 fully saturated rings. The molecule has 3 aromatic carbocycles. The maximum atomic E-state index is 13.7. The highest BCUT2D eigenvalue weighted by atomic mass is 79.9. The van der Waals surface area contributed by atoms with Crippen LogP contribution in [0.2, 0.25) is 0 Å². The molecule has 38 heavy (non-hydrogen) atoms. The smallest absolute Gasteiger partial charge is 0.264 e. The van der Waals surface area contributed by atoms with E-state index in [1.807, 2.05) is 31.2 Å². The fourth-order valence-electron chi connectivity index (χ4n) is 4.56. The van der Waals surface area contributed by atoms with E-state index in [9.17, 15) is 13.2 Å². The van der Waals surface area contributed by atoms with E-state index in [0.29, 0.717) is 22.5 Å². The molecule has 0 saturated carbocycles. The van der Waals surface area contributed by atoms with Crippen molar-refractivity contribution in [2.45, 2.75) is 44.2 Å². The molecule has 1 amide bonds. The van der Waals surface area contributed by atoms with Crippen molar-refractivity contribution in [1.29, 1.82) is 0 Å². The molecular formula is C29H34BrN3O4S. The van der Waals surface area contributed by atoms with Crippen molar-refractivity contribution in [3.63, 3.8) is 0 Å². The molecule has 1 heterocycles. The first-order valence-corrected chi connectivity index (χ1v) is 15.0.